The predicted octanol–water partition coefficient (Wildman–Crippen LogP) is 5.82. The van der Waals surface area contributed by atoms with Gasteiger partial charge in [0.2, 0.25) is 0 Å². The molecule has 4 nitrogen and oxygen atoms in total. The van der Waals surface area contributed by atoms with E-state index in [4.69, 9.17) is 9.47 Å². The molecule has 4 heteroatoms. The van der Waals surface area contributed by atoms with E-state index in [1.807, 2.05) is 27.7 Å². The maximum Gasteiger partial charge on any atom is 0.306 e. The van der Waals surface area contributed by atoms with Gasteiger partial charge in [-0.15, -0.1) is 0 Å². The Hall–Kier alpha value is -1.06. The van der Waals surface area contributed by atoms with Crippen LogP contribution in [0.2, 0.25) is 0 Å². The van der Waals surface area contributed by atoms with Crippen molar-refractivity contribution in [2.75, 3.05) is 0 Å². The zero-order chi connectivity index (χ0) is 19.1. The summed E-state index contributed by atoms with van der Waals surface area (Å²) >= 11 is 0. The van der Waals surface area contributed by atoms with Gasteiger partial charge >= 0.3 is 11.9 Å². The van der Waals surface area contributed by atoms with Crippen LogP contribution in [0.4, 0.5) is 0 Å². The van der Waals surface area contributed by atoms with Crippen molar-refractivity contribution in [3.63, 3.8) is 0 Å². The van der Waals surface area contributed by atoms with E-state index in [1.54, 1.807) is 0 Å². The van der Waals surface area contributed by atoms with Crippen LogP contribution in [0.3, 0.4) is 0 Å². The fourth-order valence-corrected chi connectivity index (χ4v) is 2.85. The molecule has 0 aromatic rings. The van der Waals surface area contributed by atoms with Crippen LogP contribution in [-0.4, -0.2) is 24.1 Å². The van der Waals surface area contributed by atoms with Gasteiger partial charge in [0.1, 0.15) is 6.10 Å². The van der Waals surface area contributed by atoms with Crippen molar-refractivity contribution in [2.24, 2.45) is 5.92 Å². The summed E-state index contributed by atoms with van der Waals surface area (Å²) < 4.78 is 10.8. The minimum absolute atomic E-state index is 0.0307. The molecule has 0 fully saturated rings. The Morgan fingerprint density at radius 1 is 0.760 bits per heavy atom. The van der Waals surface area contributed by atoms with E-state index in [0.29, 0.717) is 12.3 Å². The van der Waals surface area contributed by atoms with Crippen LogP contribution in [0.5, 0.6) is 0 Å². The third-order valence-electron chi connectivity index (χ3n) is 4.49. The van der Waals surface area contributed by atoms with Gasteiger partial charge in [0.05, 0.1) is 6.10 Å². The minimum atomic E-state index is -0.214. The van der Waals surface area contributed by atoms with Gasteiger partial charge in [-0.25, -0.2) is 0 Å². The number of hydrogen-bond acceptors (Lipinski definition) is 4. The Kier molecular flexibility index (Phi) is 14.6. The fraction of sp³-hybridized carbons (Fsp3) is 0.905. The fourth-order valence-electron chi connectivity index (χ4n) is 2.85. The molecule has 0 saturated carbocycles. The molecular formula is C21H40O4. The van der Waals surface area contributed by atoms with E-state index >= 15 is 0 Å². The highest BCUT2D eigenvalue weighted by molar-refractivity contribution is 5.72. The first kappa shape index (κ1) is 23.9. The Morgan fingerprint density at radius 3 is 1.88 bits per heavy atom. The molecular weight excluding hydrogens is 316 g/mol. The third kappa shape index (κ3) is 13.9. The van der Waals surface area contributed by atoms with Crippen molar-refractivity contribution in [3.05, 3.63) is 0 Å². The summed E-state index contributed by atoms with van der Waals surface area (Å²) in [6.07, 6.45) is 10.2. The molecule has 0 aromatic carbocycles. The monoisotopic (exact) mass is 356 g/mol. The zero-order valence-electron chi connectivity index (χ0n) is 17.1. The normalized spacial score (nSPS) is 13.5. The highest BCUT2D eigenvalue weighted by Gasteiger charge is 2.17. The molecule has 0 aliphatic heterocycles. The Bertz CT molecular complexity index is 352. The summed E-state index contributed by atoms with van der Waals surface area (Å²) in [7, 11) is 0. The van der Waals surface area contributed by atoms with Crippen molar-refractivity contribution >= 4 is 11.9 Å². The molecule has 2 atom stereocenters. The lowest BCUT2D eigenvalue weighted by atomic mass is 10.1. The second-order valence-corrected chi connectivity index (χ2v) is 7.39. The van der Waals surface area contributed by atoms with Gasteiger partial charge in [-0.05, 0) is 38.5 Å². The van der Waals surface area contributed by atoms with E-state index in [9.17, 15) is 9.59 Å². The largest absolute Gasteiger partial charge is 0.463 e. The SMILES string of the molecule is CCCCCCCCC(C)OC(=O)CCCC(=O)OC(CC)C(C)C. The van der Waals surface area contributed by atoms with Crippen molar-refractivity contribution in [2.45, 2.75) is 117 Å². The first-order valence-corrected chi connectivity index (χ1v) is 10.3. The van der Waals surface area contributed by atoms with Gasteiger partial charge in [-0.3, -0.25) is 9.59 Å². The van der Waals surface area contributed by atoms with Crippen LogP contribution in [0.1, 0.15) is 105 Å². The van der Waals surface area contributed by atoms with E-state index in [-0.39, 0.29) is 37.0 Å². The third-order valence-corrected chi connectivity index (χ3v) is 4.49. The summed E-state index contributed by atoms with van der Waals surface area (Å²) in [6.45, 7) is 10.3. The molecule has 0 aliphatic carbocycles. The van der Waals surface area contributed by atoms with Crippen molar-refractivity contribution < 1.29 is 19.1 Å². The van der Waals surface area contributed by atoms with Crippen LogP contribution in [0, 0.1) is 5.92 Å². The lowest BCUT2D eigenvalue weighted by Crippen LogP contribution is -2.23. The minimum Gasteiger partial charge on any atom is -0.463 e. The summed E-state index contributed by atoms with van der Waals surface area (Å²) in [5.74, 6) is -0.0996. The topological polar surface area (TPSA) is 52.6 Å². The summed E-state index contributed by atoms with van der Waals surface area (Å²) in [5.41, 5.74) is 0. The van der Waals surface area contributed by atoms with E-state index in [2.05, 4.69) is 6.92 Å². The van der Waals surface area contributed by atoms with Gasteiger partial charge < -0.3 is 9.47 Å². The summed E-state index contributed by atoms with van der Waals surface area (Å²) in [4.78, 5) is 23.6. The maximum atomic E-state index is 11.8. The molecule has 148 valence electrons. The van der Waals surface area contributed by atoms with Crippen LogP contribution in [0.25, 0.3) is 0 Å². The number of ether oxygens (including phenoxy) is 2. The first-order valence-electron chi connectivity index (χ1n) is 10.3. The van der Waals surface area contributed by atoms with Gasteiger partial charge in [0.15, 0.2) is 0 Å². The molecule has 0 aromatic heterocycles. The number of rotatable bonds is 15. The number of carbonyl (C=O) groups excluding carboxylic acids is 2. The lowest BCUT2D eigenvalue weighted by Gasteiger charge is -2.19. The van der Waals surface area contributed by atoms with Gasteiger partial charge in [0, 0.05) is 12.8 Å². The smallest absolute Gasteiger partial charge is 0.306 e. The van der Waals surface area contributed by atoms with Crippen molar-refractivity contribution in [1.29, 1.82) is 0 Å². The predicted molar refractivity (Wildman–Crippen MR) is 102 cm³/mol. The van der Waals surface area contributed by atoms with Crippen molar-refractivity contribution in [1.82, 2.24) is 0 Å². The molecule has 0 radical (unpaired) electrons. The molecule has 0 spiro atoms. The van der Waals surface area contributed by atoms with Gasteiger partial charge in [-0.2, -0.15) is 0 Å². The molecule has 0 rings (SSSR count). The number of esters is 2. The number of unbranched alkanes of at least 4 members (excludes halogenated alkanes) is 5. The van der Waals surface area contributed by atoms with E-state index in [1.165, 1.54) is 32.1 Å². The van der Waals surface area contributed by atoms with E-state index in [0.717, 1.165) is 19.3 Å². The molecule has 25 heavy (non-hydrogen) atoms. The quantitative estimate of drug-likeness (QED) is 0.274. The van der Waals surface area contributed by atoms with Gasteiger partial charge in [-0.1, -0.05) is 59.8 Å². The van der Waals surface area contributed by atoms with Gasteiger partial charge in [0.25, 0.3) is 0 Å². The molecule has 0 saturated heterocycles. The van der Waals surface area contributed by atoms with E-state index < -0.39 is 0 Å². The molecule has 0 amide bonds. The average molecular weight is 357 g/mol. The Balaban J connectivity index is 3.73. The first-order chi connectivity index (χ1) is 11.9. The van der Waals surface area contributed by atoms with Crippen LogP contribution < -0.4 is 0 Å². The number of carbonyl (C=O) groups is 2. The van der Waals surface area contributed by atoms with Crippen molar-refractivity contribution in [3.8, 4) is 0 Å². The summed E-state index contributed by atoms with van der Waals surface area (Å²) in [6, 6.07) is 0. The highest BCUT2D eigenvalue weighted by Crippen LogP contribution is 2.13. The molecule has 0 aliphatic rings. The molecule has 2 unspecified atom stereocenters. The Labute approximate surface area is 155 Å². The lowest BCUT2D eigenvalue weighted by molar-refractivity contribution is -0.152. The highest BCUT2D eigenvalue weighted by atomic mass is 16.5. The standard InChI is InChI=1S/C21H40O4/c1-6-8-9-10-11-12-14-18(5)24-20(22)15-13-16-21(23)25-19(7-2)17(3)4/h17-19H,6-16H2,1-5H3. The second-order valence-electron chi connectivity index (χ2n) is 7.39. The zero-order valence-corrected chi connectivity index (χ0v) is 17.1. The summed E-state index contributed by atoms with van der Waals surface area (Å²) in [5, 5.41) is 0. The molecule has 0 N–H and O–H groups in total. The van der Waals surface area contributed by atoms with Crippen LogP contribution in [0.15, 0.2) is 0 Å². The molecule has 0 heterocycles. The van der Waals surface area contributed by atoms with Crippen LogP contribution in [-0.2, 0) is 19.1 Å². The van der Waals surface area contributed by atoms with Crippen LogP contribution >= 0.6 is 0 Å². The molecule has 0 bridgehead atoms. The number of hydrogen-bond donors (Lipinski definition) is 0. The average Bonchev–Trinajstić information content (AvgIpc) is 2.55. The Morgan fingerprint density at radius 2 is 1.32 bits per heavy atom. The maximum absolute atomic E-state index is 11.8. The second kappa shape index (κ2) is 15.2.